The summed E-state index contributed by atoms with van der Waals surface area (Å²) in [7, 11) is 4.06. The monoisotopic (exact) mass is 288 g/mol. The largest absolute Gasteiger partial charge is 0.436 e. The number of oxazole rings is 1. The maximum Gasteiger partial charge on any atom is 0.227 e. The highest BCUT2D eigenvalue weighted by molar-refractivity contribution is 6.03. The van der Waals surface area contributed by atoms with E-state index in [-0.39, 0.29) is 0 Å². The van der Waals surface area contributed by atoms with Gasteiger partial charge in [0.2, 0.25) is 5.89 Å². The third kappa shape index (κ3) is 2.02. The van der Waals surface area contributed by atoms with Gasteiger partial charge in [0.15, 0.2) is 5.58 Å². The average molecular weight is 288 g/mol. The van der Waals surface area contributed by atoms with Crippen molar-refractivity contribution in [3.63, 3.8) is 0 Å². The van der Waals surface area contributed by atoms with Crippen LogP contribution in [0.4, 0.5) is 5.69 Å². The molecular weight excluding hydrogens is 272 g/mol. The van der Waals surface area contributed by atoms with Crippen molar-refractivity contribution < 1.29 is 4.42 Å². The predicted molar refractivity (Wildman–Crippen MR) is 91.3 cm³/mol. The van der Waals surface area contributed by atoms with E-state index < -0.39 is 0 Å². The van der Waals surface area contributed by atoms with Crippen LogP contribution in [0.25, 0.3) is 33.3 Å². The summed E-state index contributed by atoms with van der Waals surface area (Å²) in [6.45, 7) is 0. The van der Waals surface area contributed by atoms with Crippen molar-refractivity contribution in [3.05, 3.63) is 60.7 Å². The Morgan fingerprint density at radius 1 is 0.864 bits per heavy atom. The molecule has 0 aliphatic carbocycles. The number of rotatable bonds is 2. The second kappa shape index (κ2) is 4.88. The molecule has 0 unspecified atom stereocenters. The Morgan fingerprint density at radius 2 is 1.64 bits per heavy atom. The summed E-state index contributed by atoms with van der Waals surface area (Å²) in [5.41, 5.74) is 3.89. The summed E-state index contributed by atoms with van der Waals surface area (Å²) in [6.07, 6.45) is 0. The summed E-state index contributed by atoms with van der Waals surface area (Å²) in [5, 5.41) is 2.30. The average Bonchev–Trinajstić information content (AvgIpc) is 2.99. The lowest BCUT2D eigenvalue weighted by Crippen LogP contribution is -2.07. The van der Waals surface area contributed by atoms with Gasteiger partial charge in [0, 0.05) is 30.7 Å². The summed E-state index contributed by atoms with van der Waals surface area (Å²) < 4.78 is 5.94. The summed E-state index contributed by atoms with van der Waals surface area (Å²) in [4.78, 5) is 6.78. The summed E-state index contributed by atoms with van der Waals surface area (Å²) in [6, 6.07) is 20.5. The summed E-state index contributed by atoms with van der Waals surface area (Å²) >= 11 is 0. The zero-order chi connectivity index (χ0) is 15.1. The number of anilines is 1. The quantitative estimate of drug-likeness (QED) is 0.534. The molecule has 0 amide bonds. The van der Waals surface area contributed by atoms with E-state index in [1.54, 1.807) is 0 Å². The molecule has 0 aliphatic rings. The van der Waals surface area contributed by atoms with Crippen molar-refractivity contribution in [1.82, 2.24) is 4.98 Å². The zero-order valence-corrected chi connectivity index (χ0v) is 12.6. The fourth-order valence-electron chi connectivity index (χ4n) is 2.69. The van der Waals surface area contributed by atoms with Crippen molar-refractivity contribution in [3.8, 4) is 11.5 Å². The van der Waals surface area contributed by atoms with E-state index >= 15 is 0 Å². The first kappa shape index (κ1) is 12.9. The number of hydrogen-bond acceptors (Lipinski definition) is 3. The lowest BCUT2D eigenvalue weighted by Gasteiger charge is -2.11. The van der Waals surface area contributed by atoms with E-state index in [1.165, 1.54) is 5.39 Å². The Morgan fingerprint density at radius 3 is 2.41 bits per heavy atom. The van der Waals surface area contributed by atoms with Gasteiger partial charge in [-0.15, -0.1) is 0 Å². The molecule has 0 saturated carbocycles. The second-order valence-corrected chi connectivity index (χ2v) is 5.59. The minimum absolute atomic E-state index is 0.664. The molecule has 0 aliphatic heterocycles. The van der Waals surface area contributed by atoms with Crippen LogP contribution in [0.1, 0.15) is 0 Å². The normalized spacial score (nSPS) is 11.2. The minimum atomic E-state index is 0.664. The smallest absolute Gasteiger partial charge is 0.227 e. The number of nitrogens with zero attached hydrogens (tertiary/aromatic N) is 2. The van der Waals surface area contributed by atoms with Crippen molar-refractivity contribution in [2.45, 2.75) is 0 Å². The molecule has 0 fully saturated rings. The van der Waals surface area contributed by atoms with Gasteiger partial charge < -0.3 is 9.32 Å². The Balaban J connectivity index is 1.87. The summed E-state index contributed by atoms with van der Waals surface area (Å²) in [5.74, 6) is 0.664. The molecule has 3 heteroatoms. The van der Waals surface area contributed by atoms with Crippen molar-refractivity contribution >= 4 is 27.6 Å². The van der Waals surface area contributed by atoms with Crippen LogP contribution in [0.5, 0.6) is 0 Å². The molecule has 22 heavy (non-hydrogen) atoms. The van der Waals surface area contributed by atoms with Crippen LogP contribution in [-0.4, -0.2) is 19.1 Å². The van der Waals surface area contributed by atoms with E-state index in [2.05, 4.69) is 35.2 Å². The third-order valence-electron chi connectivity index (χ3n) is 3.91. The lowest BCUT2D eigenvalue weighted by atomic mass is 10.1. The maximum atomic E-state index is 5.94. The van der Waals surface area contributed by atoms with Gasteiger partial charge in [-0.1, -0.05) is 30.3 Å². The standard InChI is InChI=1S/C19H16N2O/c1-21(2)15-10-7-14(8-11-15)19-20-18-16-6-4-3-5-13(16)9-12-17(18)22-19/h3-12H,1-2H3. The molecule has 108 valence electrons. The van der Waals surface area contributed by atoms with Gasteiger partial charge in [-0.25, -0.2) is 4.98 Å². The number of hydrogen-bond donors (Lipinski definition) is 0. The third-order valence-corrected chi connectivity index (χ3v) is 3.91. The lowest BCUT2D eigenvalue weighted by molar-refractivity contribution is 0.620. The van der Waals surface area contributed by atoms with Crippen LogP contribution in [-0.2, 0) is 0 Å². The van der Waals surface area contributed by atoms with Crippen molar-refractivity contribution in [2.75, 3.05) is 19.0 Å². The Labute approximate surface area is 128 Å². The van der Waals surface area contributed by atoms with Gasteiger partial charge in [-0.2, -0.15) is 0 Å². The molecule has 1 heterocycles. The van der Waals surface area contributed by atoms with Gasteiger partial charge in [0.1, 0.15) is 5.52 Å². The van der Waals surface area contributed by atoms with Gasteiger partial charge >= 0.3 is 0 Å². The van der Waals surface area contributed by atoms with Crippen molar-refractivity contribution in [1.29, 1.82) is 0 Å². The fourth-order valence-corrected chi connectivity index (χ4v) is 2.69. The topological polar surface area (TPSA) is 29.3 Å². The molecule has 0 radical (unpaired) electrons. The van der Waals surface area contributed by atoms with Gasteiger partial charge in [-0.05, 0) is 35.7 Å². The molecule has 0 N–H and O–H groups in total. The van der Waals surface area contributed by atoms with Crippen LogP contribution in [0.15, 0.2) is 65.1 Å². The van der Waals surface area contributed by atoms with E-state index in [9.17, 15) is 0 Å². The minimum Gasteiger partial charge on any atom is -0.436 e. The van der Waals surface area contributed by atoms with Gasteiger partial charge in [-0.3, -0.25) is 0 Å². The van der Waals surface area contributed by atoms with Gasteiger partial charge in [0.25, 0.3) is 0 Å². The molecule has 0 atom stereocenters. The first-order valence-corrected chi connectivity index (χ1v) is 7.28. The van der Waals surface area contributed by atoms with Crippen LogP contribution in [0.2, 0.25) is 0 Å². The predicted octanol–water partition coefficient (Wildman–Crippen LogP) is 4.71. The molecule has 3 nitrogen and oxygen atoms in total. The first-order valence-electron chi connectivity index (χ1n) is 7.28. The Bertz CT molecular complexity index is 952. The van der Waals surface area contributed by atoms with Crippen LogP contribution in [0.3, 0.4) is 0 Å². The van der Waals surface area contributed by atoms with E-state index in [0.717, 1.165) is 27.7 Å². The maximum absolute atomic E-state index is 5.94. The molecule has 4 aromatic rings. The van der Waals surface area contributed by atoms with Crippen LogP contribution < -0.4 is 4.90 Å². The number of benzene rings is 3. The van der Waals surface area contributed by atoms with Gasteiger partial charge in [0.05, 0.1) is 0 Å². The molecule has 0 spiro atoms. The van der Waals surface area contributed by atoms with E-state index in [0.29, 0.717) is 5.89 Å². The van der Waals surface area contributed by atoms with Crippen LogP contribution in [0, 0.1) is 0 Å². The van der Waals surface area contributed by atoms with Crippen LogP contribution >= 0.6 is 0 Å². The highest BCUT2D eigenvalue weighted by atomic mass is 16.3. The van der Waals surface area contributed by atoms with E-state index in [4.69, 9.17) is 9.40 Å². The molecule has 4 rings (SSSR count). The Hall–Kier alpha value is -2.81. The van der Waals surface area contributed by atoms with E-state index in [1.807, 2.05) is 44.4 Å². The molecule has 0 bridgehead atoms. The zero-order valence-electron chi connectivity index (χ0n) is 12.6. The second-order valence-electron chi connectivity index (χ2n) is 5.59. The molecular formula is C19H16N2O. The fraction of sp³-hybridized carbons (Fsp3) is 0.105. The number of aromatic nitrogens is 1. The molecule has 1 aromatic heterocycles. The number of fused-ring (bicyclic) bond motifs is 3. The first-order chi connectivity index (χ1) is 10.7. The Kier molecular flexibility index (Phi) is 2.86. The highest BCUT2D eigenvalue weighted by Gasteiger charge is 2.10. The SMILES string of the molecule is CN(C)c1ccc(-c2nc3c(ccc4ccccc43)o2)cc1. The van der Waals surface area contributed by atoms with Crippen molar-refractivity contribution in [2.24, 2.45) is 0 Å². The molecule has 0 saturated heterocycles. The highest BCUT2D eigenvalue weighted by Crippen LogP contribution is 2.30. The molecule has 3 aromatic carbocycles.